The van der Waals surface area contributed by atoms with Crippen LogP contribution in [0.2, 0.25) is 5.02 Å². The van der Waals surface area contributed by atoms with Gasteiger partial charge >= 0.3 is 5.97 Å². The van der Waals surface area contributed by atoms with Gasteiger partial charge in [-0.1, -0.05) is 23.4 Å². The second-order valence-electron chi connectivity index (χ2n) is 5.52. The summed E-state index contributed by atoms with van der Waals surface area (Å²) in [5, 5.41) is 8.28. The standard InChI is InChI=1S/C19H18ClN3O4S/c1-25-18(24)13-2-6-15(7-3-13)26-10-11-28-19-21-17(22-23-19)12-27-16-8-4-14(20)5-9-16/h2-9H,10-12H2,1H3,(H,21,22,23). The van der Waals surface area contributed by atoms with Crippen molar-refractivity contribution in [2.75, 3.05) is 19.5 Å². The first kappa shape index (κ1) is 20.0. The molecule has 2 aromatic carbocycles. The maximum Gasteiger partial charge on any atom is 0.337 e. The summed E-state index contributed by atoms with van der Waals surface area (Å²) in [5.41, 5.74) is 0.485. The van der Waals surface area contributed by atoms with Crippen LogP contribution in [-0.4, -0.2) is 40.6 Å². The van der Waals surface area contributed by atoms with Crippen LogP contribution in [0.25, 0.3) is 0 Å². The zero-order valence-corrected chi connectivity index (χ0v) is 16.6. The number of H-pyrrole nitrogens is 1. The maximum absolute atomic E-state index is 11.4. The van der Waals surface area contributed by atoms with Crippen molar-refractivity contribution in [3.63, 3.8) is 0 Å². The number of nitrogens with zero attached hydrogens (tertiary/aromatic N) is 2. The van der Waals surface area contributed by atoms with Crippen LogP contribution in [0, 0.1) is 0 Å². The summed E-state index contributed by atoms with van der Waals surface area (Å²) in [4.78, 5) is 15.8. The highest BCUT2D eigenvalue weighted by molar-refractivity contribution is 7.99. The average Bonchev–Trinajstić information content (AvgIpc) is 3.18. The summed E-state index contributed by atoms with van der Waals surface area (Å²) in [5.74, 6) is 2.33. The fraction of sp³-hybridized carbons (Fsp3) is 0.211. The number of ether oxygens (including phenoxy) is 3. The van der Waals surface area contributed by atoms with Crippen molar-refractivity contribution in [2.45, 2.75) is 11.8 Å². The number of methoxy groups -OCH3 is 1. The van der Waals surface area contributed by atoms with Gasteiger partial charge in [-0.05, 0) is 48.5 Å². The number of rotatable bonds is 9. The smallest absolute Gasteiger partial charge is 0.337 e. The highest BCUT2D eigenvalue weighted by atomic mass is 35.5. The predicted octanol–water partition coefficient (Wildman–Crippen LogP) is 3.99. The summed E-state index contributed by atoms with van der Waals surface area (Å²) in [6.07, 6.45) is 0. The van der Waals surface area contributed by atoms with Crippen molar-refractivity contribution in [2.24, 2.45) is 0 Å². The number of carbonyl (C=O) groups excluding carboxylic acids is 1. The van der Waals surface area contributed by atoms with Gasteiger partial charge in [-0.15, -0.1) is 5.10 Å². The van der Waals surface area contributed by atoms with Crippen molar-refractivity contribution in [1.82, 2.24) is 15.2 Å². The lowest BCUT2D eigenvalue weighted by molar-refractivity contribution is 0.0600. The number of benzene rings is 2. The zero-order valence-electron chi connectivity index (χ0n) is 15.1. The normalized spacial score (nSPS) is 10.5. The highest BCUT2D eigenvalue weighted by Crippen LogP contribution is 2.18. The first-order chi connectivity index (χ1) is 13.6. The molecule has 3 rings (SSSR count). The van der Waals surface area contributed by atoms with Crippen LogP contribution in [0.1, 0.15) is 16.2 Å². The molecule has 7 nitrogen and oxygen atoms in total. The van der Waals surface area contributed by atoms with Crippen molar-refractivity contribution < 1.29 is 19.0 Å². The molecular weight excluding hydrogens is 402 g/mol. The Bertz CT molecular complexity index is 900. The Hall–Kier alpha value is -2.71. The van der Waals surface area contributed by atoms with E-state index in [1.54, 1.807) is 48.5 Å². The van der Waals surface area contributed by atoms with E-state index in [0.29, 0.717) is 45.4 Å². The van der Waals surface area contributed by atoms with E-state index in [0.717, 1.165) is 0 Å². The number of nitrogens with one attached hydrogen (secondary N) is 1. The molecule has 0 amide bonds. The topological polar surface area (TPSA) is 86.3 Å². The molecule has 0 radical (unpaired) electrons. The second-order valence-corrected chi connectivity index (χ2v) is 7.02. The summed E-state index contributed by atoms with van der Waals surface area (Å²) in [7, 11) is 1.35. The van der Waals surface area contributed by atoms with E-state index in [1.807, 2.05) is 0 Å². The van der Waals surface area contributed by atoms with E-state index in [4.69, 9.17) is 21.1 Å². The molecule has 9 heteroatoms. The first-order valence-electron chi connectivity index (χ1n) is 8.37. The highest BCUT2D eigenvalue weighted by Gasteiger charge is 2.07. The number of aromatic amines is 1. The van der Waals surface area contributed by atoms with E-state index in [9.17, 15) is 4.79 Å². The Morgan fingerprint density at radius 2 is 1.75 bits per heavy atom. The number of carbonyl (C=O) groups is 1. The molecule has 1 heterocycles. The summed E-state index contributed by atoms with van der Waals surface area (Å²) in [6, 6.07) is 13.9. The fourth-order valence-corrected chi connectivity index (χ4v) is 2.95. The molecule has 0 aliphatic rings. The lowest BCUT2D eigenvalue weighted by Crippen LogP contribution is -2.03. The Morgan fingerprint density at radius 3 is 2.46 bits per heavy atom. The summed E-state index contributed by atoms with van der Waals surface area (Å²) >= 11 is 7.31. The molecule has 28 heavy (non-hydrogen) atoms. The van der Waals surface area contributed by atoms with Crippen molar-refractivity contribution in [3.05, 3.63) is 64.9 Å². The third kappa shape index (κ3) is 5.90. The molecule has 0 aliphatic heterocycles. The van der Waals surface area contributed by atoms with Crippen LogP contribution in [-0.2, 0) is 11.3 Å². The molecule has 0 unspecified atom stereocenters. The number of hydrogen-bond donors (Lipinski definition) is 1. The van der Waals surface area contributed by atoms with Crippen LogP contribution in [0.4, 0.5) is 0 Å². The summed E-state index contributed by atoms with van der Waals surface area (Å²) in [6.45, 7) is 0.769. The second kappa shape index (κ2) is 10.0. The quantitative estimate of drug-likeness (QED) is 0.318. The number of thioether (sulfide) groups is 1. The van der Waals surface area contributed by atoms with Gasteiger partial charge < -0.3 is 14.2 Å². The Labute approximate surface area is 171 Å². The van der Waals surface area contributed by atoms with E-state index >= 15 is 0 Å². The third-order valence-electron chi connectivity index (χ3n) is 3.56. The molecule has 1 aromatic heterocycles. The van der Waals surface area contributed by atoms with Gasteiger partial charge in [0.05, 0.1) is 19.3 Å². The molecule has 0 spiro atoms. The largest absolute Gasteiger partial charge is 0.493 e. The molecule has 0 atom stereocenters. The molecule has 1 N–H and O–H groups in total. The van der Waals surface area contributed by atoms with Gasteiger partial charge in [0, 0.05) is 10.8 Å². The van der Waals surface area contributed by atoms with Gasteiger partial charge in [-0.3, -0.25) is 5.10 Å². The molecule has 0 bridgehead atoms. The Morgan fingerprint density at radius 1 is 1.07 bits per heavy atom. The molecular formula is C19H18ClN3O4S. The van der Waals surface area contributed by atoms with Crippen LogP contribution in [0.15, 0.2) is 53.7 Å². The van der Waals surface area contributed by atoms with Crippen molar-refractivity contribution >= 4 is 29.3 Å². The fourth-order valence-electron chi connectivity index (χ4n) is 2.19. The summed E-state index contributed by atoms with van der Waals surface area (Å²) < 4.78 is 15.9. The lowest BCUT2D eigenvalue weighted by atomic mass is 10.2. The van der Waals surface area contributed by atoms with E-state index in [1.165, 1.54) is 18.9 Å². The van der Waals surface area contributed by atoms with E-state index in [-0.39, 0.29) is 12.6 Å². The van der Waals surface area contributed by atoms with Gasteiger partial charge in [0.2, 0.25) is 5.16 Å². The van der Waals surface area contributed by atoms with Crippen LogP contribution in [0.5, 0.6) is 11.5 Å². The minimum absolute atomic E-state index is 0.290. The monoisotopic (exact) mass is 419 g/mol. The predicted molar refractivity (Wildman–Crippen MR) is 106 cm³/mol. The minimum Gasteiger partial charge on any atom is -0.493 e. The maximum atomic E-state index is 11.4. The SMILES string of the molecule is COC(=O)c1ccc(OCCSc2n[nH]c(COc3ccc(Cl)cc3)n2)cc1. The number of halogens is 1. The van der Waals surface area contributed by atoms with Crippen molar-refractivity contribution in [3.8, 4) is 11.5 Å². The number of esters is 1. The zero-order chi connectivity index (χ0) is 19.8. The number of hydrogen-bond acceptors (Lipinski definition) is 7. The Balaban J connectivity index is 1.38. The molecule has 0 saturated heterocycles. The van der Waals surface area contributed by atoms with Gasteiger partial charge in [-0.2, -0.15) is 0 Å². The lowest BCUT2D eigenvalue weighted by Gasteiger charge is -2.05. The first-order valence-corrected chi connectivity index (χ1v) is 9.74. The van der Waals surface area contributed by atoms with Crippen LogP contribution >= 0.6 is 23.4 Å². The molecule has 0 fully saturated rings. The van der Waals surface area contributed by atoms with Gasteiger partial charge in [0.1, 0.15) is 18.1 Å². The third-order valence-corrected chi connectivity index (χ3v) is 4.62. The van der Waals surface area contributed by atoms with E-state index < -0.39 is 0 Å². The molecule has 0 saturated carbocycles. The van der Waals surface area contributed by atoms with Crippen molar-refractivity contribution in [1.29, 1.82) is 0 Å². The van der Waals surface area contributed by atoms with Gasteiger partial charge in [-0.25, -0.2) is 9.78 Å². The van der Waals surface area contributed by atoms with Crippen LogP contribution in [0.3, 0.4) is 0 Å². The Kier molecular flexibility index (Phi) is 7.16. The average molecular weight is 420 g/mol. The van der Waals surface area contributed by atoms with Gasteiger partial charge in [0.25, 0.3) is 0 Å². The molecule has 3 aromatic rings. The van der Waals surface area contributed by atoms with E-state index in [2.05, 4.69) is 19.9 Å². The molecule has 146 valence electrons. The number of aromatic nitrogens is 3. The molecule has 0 aliphatic carbocycles. The minimum atomic E-state index is -0.373. The van der Waals surface area contributed by atoms with Gasteiger partial charge in [0.15, 0.2) is 5.82 Å². The van der Waals surface area contributed by atoms with Crippen LogP contribution < -0.4 is 9.47 Å².